The molecular weight excluding hydrogens is 271 g/mol. The molecule has 0 amide bonds. The monoisotopic (exact) mass is 304 g/mol. The van der Waals surface area contributed by atoms with Crippen LogP contribution in [0.15, 0.2) is 12.2 Å². The van der Waals surface area contributed by atoms with Crippen molar-refractivity contribution in [3.05, 3.63) is 12.2 Å². The zero-order chi connectivity index (χ0) is 15.4. The van der Waals surface area contributed by atoms with Crippen LogP contribution in [0.25, 0.3) is 0 Å². The molecule has 0 spiro atoms. The lowest BCUT2D eigenvalue weighted by molar-refractivity contribution is 0.0324. The number of hydrogen-bond acceptors (Lipinski definition) is 2. The summed E-state index contributed by atoms with van der Waals surface area (Å²) in [6, 6.07) is 0. The van der Waals surface area contributed by atoms with Crippen molar-refractivity contribution >= 4 is 7.12 Å². The van der Waals surface area contributed by atoms with Gasteiger partial charge in [-0.3, -0.25) is 0 Å². The topological polar surface area (TPSA) is 18.5 Å². The summed E-state index contributed by atoms with van der Waals surface area (Å²) in [5, 5.41) is 0. The summed E-state index contributed by atoms with van der Waals surface area (Å²) in [6.45, 7) is 4.31. The number of rotatable bonds is 4. The summed E-state index contributed by atoms with van der Waals surface area (Å²) in [5.74, 6) is 1.84. The van der Waals surface area contributed by atoms with Crippen LogP contribution in [-0.4, -0.2) is 19.3 Å². The number of hydrogen-bond donors (Lipinski definition) is 0. The van der Waals surface area contributed by atoms with E-state index in [4.69, 9.17) is 9.31 Å². The molecule has 0 aromatic carbocycles. The van der Waals surface area contributed by atoms with E-state index in [1.54, 1.807) is 0 Å². The van der Waals surface area contributed by atoms with Crippen LogP contribution in [0.4, 0.5) is 0 Å². The fourth-order valence-electron chi connectivity index (χ4n) is 4.82. The normalized spacial score (nSPS) is 33.6. The Hall–Kier alpha value is -0.275. The maximum absolute atomic E-state index is 6.51. The van der Waals surface area contributed by atoms with Gasteiger partial charge in [-0.1, -0.05) is 57.6 Å². The minimum atomic E-state index is -0.0185. The second-order valence-electron chi connectivity index (χ2n) is 7.75. The molecule has 1 heterocycles. The first-order valence-electron chi connectivity index (χ1n) is 9.73. The van der Waals surface area contributed by atoms with Crippen LogP contribution >= 0.6 is 0 Å². The first-order valence-corrected chi connectivity index (χ1v) is 9.73. The second-order valence-corrected chi connectivity index (χ2v) is 7.75. The molecule has 22 heavy (non-hydrogen) atoms. The molecule has 0 bridgehead atoms. The van der Waals surface area contributed by atoms with Crippen LogP contribution in [0.3, 0.4) is 0 Å². The van der Waals surface area contributed by atoms with E-state index in [9.17, 15) is 0 Å². The Bertz CT molecular complexity index is 332. The van der Waals surface area contributed by atoms with Gasteiger partial charge in [0.05, 0.1) is 12.2 Å². The molecule has 0 N–H and O–H groups in total. The highest BCUT2D eigenvalue weighted by Gasteiger charge is 2.48. The third-order valence-corrected chi connectivity index (χ3v) is 6.06. The first kappa shape index (κ1) is 16.6. The van der Waals surface area contributed by atoms with Gasteiger partial charge in [0, 0.05) is 5.82 Å². The Labute approximate surface area is 137 Å². The van der Waals surface area contributed by atoms with E-state index in [1.807, 2.05) is 0 Å². The van der Waals surface area contributed by atoms with Gasteiger partial charge in [0.2, 0.25) is 0 Å². The minimum Gasteiger partial charge on any atom is -0.405 e. The summed E-state index contributed by atoms with van der Waals surface area (Å²) in [7, 11) is -0.0185. The molecule has 2 aliphatic carbocycles. The molecule has 124 valence electrons. The lowest BCUT2D eigenvalue weighted by Crippen LogP contribution is -2.38. The maximum atomic E-state index is 6.51. The highest BCUT2D eigenvalue weighted by atomic mass is 16.7. The fourth-order valence-corrected chi connectivity index (χ4v) is 4.82. The molecule has 2 nitrogen and oxygen atoms in total. The molecule has 2 saturated carbocycles. The average Bonchev–Trinajstić information content (AvgIpc) is 3.02. The van der Waals surface area contributed by atoms with Crippen LogP contribution in [-0.2, 0) is 9.31 Å². The minimum absolute atomic E-state index is 0.0185. The van der Waals surface area contributed by atoms with Crippen LogP contribution in [0.1, 0.15) is 78.1 Å². The van der Waals surface area contributed by atoms with Crippen molar-refractivity contribution in [2.75, 3.05) is 0 Å². The van der Waals surface area contributed by atoms with E-state index >= 15 is 0 Å². The van der Waals surface area contributed by atoms with Gasteiger partial charge in [-0.05, 0) is 44.4 Å². The van der Waals surface area contributed by atoms with E-state index in [-0.39, 0.29) is 7.12 Å². The van der Waals surface area contributed by atoms with Crippen molar-refractivity contribution in [2.24, 2.45) is 11.8 Å². The second kappa shape index (κ2) is 8.01. The molecule has 3 rings (SSSR count). The van der Waals surface area contributed by atoms with E-state index < -0.39 is 0 Å². The lowest BCUT2D eigenvalue weighted by atomic mass is 9.73. The van der Waals surface area contributed by atoms with Gasteiger partial charge in [-0.15, -0.1) is 0 Å². The zero-order valence-electron chi connectivity index (χ0n) is 14.5. The largest absolute Gasteiger partial charge is 0.464 e. The molecule has 3 heteroatoms. The van der Waals surface area contributed by atoms with E-state index in [2.05, 4.69) is 26.0 Å². The Morgan fingerprint density at radius 2 is 1.27 bits per heavy atom. The lowest BCUT2D eigenvalue weighted by Gasteiger charge is -2.35. The Kier molecular flexibility index (Phi) is 6.04. The summed E-state index contributed by atoms with van der Waals surface area (Å²) in [6.07, 6.45) is 18.8. The van der Waals surface area contributed by atoms with Crippen LogP contribution in [0.5, 0.6) is 0 Å². The standard InChI is InChI=1S/C19H33BO2/c1-3-10-15(2)20-21-18(16-11-6-4-7-12-16)19(22-20)17-13-8-5-9-14-17/h3,10,15-19H,4-9,11-14H2,1-2H3/b10-3-/t15-,18+,19+/m0/s1. The van der Waals surface area contributed by atoms with Crippen molar-refractivity contribution in [2.45, 2.75) is 96.1 Å². The Balaban J connectivity index is 1.70. The van der Waals surface area contributed by atoms with Crippen molar-refractivity contribution < 1.29 is 9.31 Å². The smallest absolute Gasteiger partial charge is 0.405 e. The summed E-state index contributed by atoms with van der Waals surface area (Å²) in [4.78, 5) is 0. The van der Waals surface area contributed by atoms with Crippen LogP contribution < -0.4 is 0 Å². The summed E-state index contributed by atoms with van der Waals surface area (Å²) in [5.41, 5.74) is 0. The molecule has 0 unspecified atom stereocenters. The average molecular weight is 304 g/mol. The van der Waals surface area contributed by atoms with Gasteiger partial charge in [0.15, 0.2) is 0 Å². The van der Waals surface area contributed by atoms with Crippen molar-refractivity contribution in [1.29, 1.82) is 0 Å². The van der Waals surface area contributed by atoms with Crippen LogP contribution in [0.2, 0.25) is 5.82 Å². The van der Waals surface area contributed by atoms with Gasteiger partial charge in [-0.2, -0.15) is 0 Å². The quantitative estimate of drug-likeness (QED) is 0.512. The van der Waals surface area contributed by atoms with Gasteiger partial charge >= 0.3 is 7.12 Å². The molecule has 3 atom stereocenters. The summed E-state index contributed by atoms with van der Waals surface area (Å²) < 4.78 is 13.0. The van der Waals surface area contributed by atoms with Crippen molar-refractivity contribution in [3.63, 3.8) is 0 Å². The SMILES string of the molecule is C/C=C\[C@H](C)B1O[C@H](C2CCCCC2)[C@@H](C2CCCCC2)O1. The van der Waals surface area contributed by atoms with Gasteiger partial charge in [-0.25, -0.2) is 0 Å². The van der Waals surface area contributed by atoms with E-state index in [0.29, 0.717) is 18.0 Å². The highest BCUT2D eigenvalue weighted by molar-refractivity contribution is 6.47. The van der Waals surface area contributed by atoms with Crippen LogP contribution in [0, 0.1) is 11.8 Å². The Morgan fingerprint density at radius 3 is 1.68 bits per heavy atom. The zero-order valence-corrected chi connectivity index (χ0v) is 14.5. The molecule has 1 aliphatic heterocycles. The molecule has 0 radical (unpaired) electrons. The first-order chi connectivity index (χ1) is 10.8. The van der Waals surface area contributed by atoms with E-state index in [0.717, 1.165) is 11.8 Å². The molecule has 3 aliphatic rings. The summed E-state index contributed by atoms with van der Waals surface area (Å²) >= 11 is 0. The van der Waals surface area contributed by atoms with Gasteiger partial charge in [0.25, 0.3) is 0 Å². The fraction of sp³-hybridized carbons (Fsp3) is 0.895. The molecule has 1 saturated heterocycles. The molecule has 3 fully saturated rings. The highest BCUT2D eigenvalue weighted by Crippen LogP contribution is 2.42. The van der Waals surface area contributed by atoms with Crippen molar-refractivity contribution in [1.82, 2.24) is 0 Å². The number of allylic oxidation sites excluding steroid dienone is 2. The maximum Gasteiger partial charge on any atom is 0.464 e. The third-order valence-electron chi connectivity index (χ3n) is 6.06. The van der Waals surface area contributed by atoms with Gasteiger partial charge < -0.3 is 9.31 Å². The Morgan fingerprint density at radius 1 is 0.818 bits per heavy atom. The molecule has 0 aromatic heterocycles. The van der Waals surface area contributed by atoms with Gasteiger partial charge in [0.1, 0.15) is 0 Å². The molecular formula is C19H33BO2. The predicted octanol–water partition coefficient (Wildman–Crippen LogP) is 5.39. The van der Waals surface area contributed by atoms with E-state index in [1.165, 1.54) is 64.2 Å². The van der Waals surface area contributed by atoms with Crippen molar-refractivity contribution in [3.8, 4) is 0 Å². The predicted molar refractivity (Wildman–Crippen MR) is 92.9 cm³/mol. The third kappa shape index (κ3) is 3.79. The molecule has 0 aromatic rings.